The van der Waals surface area contributed by atoms with Gasteiger partial charge in [-0.15, -0.1) is 0 Å². The number of nitrogens with zero attached hydrogens (tertiary/aromatic N) is 1. The van der Waals surface area contributed by atoms with Crippen LogP contribution in [0.25, 0.3) is 0 Å². The molecule has 0 unspecified atom stereocenters. The number of carbonyl (C=O) groups excluding carboxylic acids is 1. The second-order valence-corrected chi connectivity index (χ2v) is 6.46. The Morgan fingerprint density at radius 2 is 1.92 bits per heavy atom. The molecule has 0 radical (unpaired) electrons. The van der Waals surface area contributed by atoms with Gasteiger partial charge in [-0.3, -0.25) is 4.79 Å². The van der Waals surface area contributed by atoms with Crippen LogP contribution in [0.4, 0.5) is 5.69 Å². The molecule has 0 spiro atoms. The predicted octanol–water partition coefficient (Wildman–Crippen LogP) is 4.66. The molecule has 126 valence electrons. The number of hydrogen-bond acceptors (Lipinski definition) is 3. The van der Waals surface area contributed by atoms with Gasteiger partial charge in [-0.1, -0.05) is 35.9 Å². The number of carbonyl (C=O) groups is 1. The first kappa shape index (κ1) is 15.5. The summed E-state index contributed by atoms with van der Waals surface area (Å²) in [4.78, 5) is 14.7. The third-order valence-electron chi connectivity index (χ3n) is 4.64. The maximum Gasteiger partial charge on any atom is 0.256 e. The van der Waals surface area contributed by atoms with E-state index < -0.39 is 0 Å². The Balaban J connectivity index is 1.71. The molecule has 1 N–H and O–H groups in total. The fourth-order valence-corrected chi connectivity index (χ4v) is 3.38. The maximum atomic E-state index is 12.9. The molecule has 0 bridgehead atoms. The van der Waals surface area contributed by atoms with E-state index in [-0.39, 0.29) is 12.1 Å². The molecular formula is C21H20N2O2. The minimum atomic E-state index is -0.213. The molecule has 1 atom stereocenters. The van der Waals surface area contributed by atoms with E-state index in [2.05, 4.69) is 37.4 Å². The first-order chi connectivity index (χ1) is 12.1. The number of nitrogens with one attached hydrogen (secondary N) is 1. The lowest BCUT2D eigenvalue weighted by atomic mass is 10.1. The molecule has 1 aromatic heterocycles. The molecule has 1 aliphatic rings. The number of furan rings is 1. The minimum Gasteiger partial charge on any atom is -0.467 e. The number of amides is 1. The van der Waals surface area contributed by atoms with Gasteiger partial charge in [0.05, 0.1) is 12.8 Å². The van der Waals surface area contributed by atoms with Gasteiger partial charge in [0.1, 0.15) is 11.9 Å². The fourth-order valence-electron chi connectivity index (χ4n) is 3.38. The smallest absolute Gasteiger partial charge is 0.256 e. The molecule has 0 aliphatic carbocycles. The monoisotopic (exact) mass is 332 g/mol. The SMILES string of the molecule is Cc1ccc(N[C@@H]2c3ccccc3C(=O)N2Cc2ccco2)c(C)c1. The average Bonchev–Trinajstić information content (AvgIpc) is 3.20. The minimum absolute atomic E-state index is 0.0225. The number of anilines is 1. The second-order valence-electron chi connectivity index (χ2n) is 6.46. The Bertz CT molecular complexity index is 915. The van der Waals surface area contributed by atoms with Crippen molar-refractivity contribution in [2.45, 2.75) is 26.6 Å². The zero-order valence-corrected chi connectivity index (χ0v) is 14.3. The Morgan fingerprint density at radius 3 is 2.68 bits per heavy atom. The first-order valence-electron chi connectivity index (χ1n) is 8.39. The zero-order chi connectivity index (χ0) is 17.4. The summed E-state index contributed by atoms with van der Waals surface area (Å²) in [6.45, 7) is 4.59. The summed E-state index contributed by atoms with van der Waals surface area (Å²) in [6, 6.07) is 17.8. The topological polar surface area (TPSA) is 45.5 Å². The van der Waals surface area contributed by atoms with Gasteiger partial charge in [-0.05, 0) is 43.7 Å². The Kier molecular flexibility index (Phi) is 3.80. The second kappa shape index (κ2) is 6.13. The number of benzene rings is 2. The van der Waals surface area contributed by atoms with Crippen molar-refractivity contribution < 1.29 is 9.21 Å². The van der Waals surface area contributed by atoms with E-state index in [1.54, 1.807) is 6.26 Å². The molecule has 0 saturated carbocycles. The van der Waals surface area contributed by atoms with Crippen LogP contribution in [0.15, 0.2) is 65.3 Å². The van der Waals surface area contributed by atoms with Crippen molar-refractivity contribution in [2.75, 3.05) is 5.32 Å². The third-order valence-corrected chi connectivity index (χ3v) is 4.64. The predicted molar refractivity (Wildman–Crippen MR) is 97.3 cm³/mol. The van der Waals surface area contributed by atoms with Crippen LogP contribution in [0.2, 0.25) is 0 Å². The van der Waals surface area contributed by atoms with E-state index in [1.807, 2.05) is 41.3 Å². The molecule has 0 saturated heterocycles. The van der Waals surface area contributed by atoms with E-state index in [4.69, 9.17) is 4.42 Å². The highest BCUT2D eigenvalue weighted by Crippen LogP contribution is 2.36. The van der Waals surface area contributed by atoms with Crippen LogP contribution < -0.4 is 5.32 Å². The molecule has 4 rings (SSSR count). The largest absolute Gasteiger partial charge is 0.467 e. The summed E-state index contributed by atoms with van der Waals surface area (Å²) in [5.41, 5.74) is 5.16. The van der Waals surface area contributed by atoms with Gasteiger partial charge >= 0.3 is 0 Å². The van der Waals surface area contributed by atoms with Crippen molar-refractivity contribution in [3.8, 4) is 0 Å². The van der Waals surface area contributed by atoms with Crippen LogP contribution in [0, 0.1) is 13.8 Å². The van der Waals surface area contributed by atoms with Crippen molar-refractivity contribution in [2.24, 2.45) is 0 Å². The average molecular weight is 332 g/mol. The third kappa shape index (κ3) is 2.80. The van der Waals surface area contributed by atoms with Gasteiger partial charge in [0.25, 0.3) is 5.91 Å². The number of rotatable bonds is 4. The molecular weight excluding hydrogens is 312 g/mol. The van der Waals surface area contributed by atoms with Gasteiger partial charge in [-0.25, -0.2) is 0 Å². The lowest BCUT2D eigenvalue weighted by molar-refractivity contribution is 0.0715. The number of aryl methyl sites for hydroxylation is 2. The highest BCUT2D eigenvalue weighted by molar-refractivity contribution is 5.99. The molecule has 3 aromatic rings. The lowest BCUT2D eigenvalue weighted by Gasteiger charge is -2.27. The zero-order valence-electron chi connectivity index (χ0n) is 14.3. The maximum absolute atomic E-state index is 12.9. The standard InChI is InChI=1S/C21H20N2O2/c1-14-9-10-19(15(2)12-14)22-20-17-7-3-4-8-18(17)21(24)23(20)13-16-6-5-11-25-16/h3-12,20,22H,13H2,1-2H3/t20-/m0/s1. The Hall–Kier alpha value is -3.01. The highest BCUT2D eigenvalue weighted by atomic mass is 16.3. The molecule has 4 nitrogen and oxygen atoms in total. The van der Waals surface area contributed by atoms with Crippen molar-refractivity contribution in [3.05, 3.63) is 88.9 Å². The van der Waals surface area contributed by atoms with Gasteiger partial charge in [0.15, 0.2) is 0 Å². The summed E-state index contributed by atoms with van der Waals surface area (Å²) in [5.74, 6) is 0.794. The van der Waals surface area contributed by atoms with Crippen LogP contribution in [0.1, 0.15) is 39.0 Å². The van der Waals surface area contributed by atoms with Crippen molar-refractivity contribution in [1.29, 1.82) is 0 Å². The molecule has 1 aliphatic heterocycles. The van der Waals surface area contributed by atoms with Crippen LogP contribution in [-0.4, -0.2) is 10.8 Å². The van der Waals surface area contributed by atoms with E-state index in [0.29, 0.717) is 6.54 Å². The summed E-state index contributed by atoms with van der Waals surface area (Å²) in [6.07, 6.45) is 1.42. The van der Waals surface area contributed by atoms with Crippen molar-refractivity contribution in [1.82, 2.24) is 4.90 Å². The van der Waals surface area contributed by atoms with Crippen LogP contribution in [-0.2, 0) is 6.54 Å². The van der Waals surface area contributed by atoms with Gasteiger partial charge in [-0.2, -0.15) is 0 Å². The highest BCUT2D eigenvalue weighted by Gasteiger charge is 2.37. The molecule has 1 amide bonds. The van der Waals surface area contributed by atoms with E-state index in [9.17, 15) is 4.79 Å². The van der Waals surface area contributed by atoms with Gasteiger partial charge in [0, 0.05) is 16.8 Å². The summed E-state index contributed by atoms with van der Waals surface area (Å²) >= 11 is 0. The number of fused-ring (bicyclic) bond motifs is 1. The van der Waals surface area contributed by atoms with Gasteiger partial charge in [0.2, 0.25) is 0 Å². The van der Waals surface area contributed by atoms with Crippen molar-refractivity contribution >= 4 is 11.6 Å². The summed E-state index contributed by atoms with van der Waals surface area (Å²) in [7, 11) is 0. The normalized spacial score (nSPS) is 16.2. The first-order valence-corrected chi connectivity index (χ1v) is 8.39. The molecule has 2 heterocycles. The quantitative estimate of drug-likeness (QED) is 0.755. The Labute approximate surface area is 147 Å². The molecule has 25 heavy (non-hydrogen) atoms. The van der Waals surface area contributed by atoms with Crippen LogP contribution in [0.5, 0.6) is 0 Å². The molecule has 4 heteroatoms. The van der Waals surface area contributed by atoms with E-state index in [1.165, 1.54) is 5.56 Å². The van der Waals surface area contributed by atoms with Gasteiger partial charge < -0.3 is 14.6 Å². The summed E-state index contributed by atoms with van der Waals surface area (Å²) < 4.78 is 5.46. The Morgan fingerprint density at radius 1 is 1.08 bits per heavy atom. The van der Waals surface area contributed by atoms with Crippen molar-refractivity contribution in [3.63, 3.8) is 0 Å². The van der Waals surface area contributed by atoms with Crippen LogP contribution >= 0.6 is 0 Å². The lowest BCUT2D eigenvalue weighted by Crippen LogP contribution is -2.31. The van der Waals surface area contributed by atoms with Crippen LogP contribution in [0.3, 0.4) is 0 Å². The molecule has 2 aromatic carbocycles. The van der Waals surface area contributed by atoms with E-state index >= 15 is 0 Å². The summed E-state index contributed by atoms with van der Waals surface area (Å²) in [5, 5.41) is 3.55. The molecule has 0 fully saturated rings. The fraction of sp³-hybridized carbons (Fsp3) is 0.190. The number of hydrogen-bond donors (Lipinski definition) is 1. The van der Waals surface area contributed by atoms with E-state index in [0.717, 1.165) is 28.1 Å².